The molecule has 44 valence electrons. The van der Waals surface area contributed by atoms with Crippen LogP contribution in [0.25, 0.3) is 0 Å². The van der Waals surface area contributed by atoms with Crippen molar-refractivity contribution in [1.82, 2.24) is 4.90 Å². The van der Waals surface area contributed by atoms with Gasteiger partial charge in [0.1, 0.15) is 6.80 Å². The Hall–Kier alpha value is -0.110. The van der Waals surface area contributed by atoms with Crippen molar-refractivity contribution in [3.8, 4) is 0 Å². The van der Waals surface area contributed by atoms with E-state index < -0.39 is 0 Å². The van der Waals surface area contributed by atoms with E-state index in [4.69, 9.17) is 0 Å². The molecule has 0 bridgehead atoms. The smallest absolute Gasteiger partial charge is 0.142 e. The van der Waals surface area contributed by atoms with E-state index in [2.05, 4.69) is 0 Å². The van der Waals surface area contributed by atoms with Gasteiger partial charge in [0.15, 0.2) is 0 Å². The fourth-order valence-electron chi connectivity index (χ4n) is 0.441. The van der Waals surface area contributed by atoms with Gasteiger partial charge in [0.25, 0.3) is 0 Å². The first-order chi connectivity index (χ1) is 3.31. The third-order valence-electron chi connectivity index (χ3n) is 0.809. The molecule has 0 rings (SSSR count). The largest absolute Gasteiger partial charge is 0.280 e. The Morgan fingerprint density at radius 1 is 1.57 bits per heavy atom. The summed E-state index contributed by atoms with van der Waals surface area (Å²) < 4.78 is 11.5. The second kappa shape index (κ2) is 4.06. The van der Waals surface area contributed by atoms with E-state index >= 15 is 0 Å². The van der Waals surface area contributed by atoms with Crippen molar-refractivity contribution in [2.75, 3.05) is 20.4 Å². The van der Waals surface area contributed by atoms with Crippen molar-refractivity contribution in [3.63, 3.8) is 0 Å². The highest BCUT2D eigenvalue weighted by atomic mass is 18.2. The van der Waals surface area contributed by atoms with Crippen molar-refractivity contribution in [1.29, 1.82) is 0 Å². The lowest BCUT2D eigenvalue weighted by atomic mass is 10.5. The summed E-state index contributed by atoms with van der Waals surface area (Å²) in [5.41, 5.74) is 0. The van der Waals surface area contributed by atoms with Crippen LogP contribution in [0, 0.1) is 0 Å². The molecule has 0 N–H and O–H groups in total. The maximum atomic E-state index is 11.5. The van der Waals surface area contributed by atoms with Gasteiger partial charge < -0.3 is 0 Å². The highest BCUT2D eigenvalue weighted by Gasteiger charge is 1.89. The Bertz CT molecular complexity index is 39.1. The topological polar surface area (TPSA) is 3.24 Å². The molecule has 0 unspecified atom stereocenters. The van der Waals surface area contributed by atoms with Crippen molar-refractivity contribution >= 4 is 0 Å². The highest BCUT2D eigenvalue weighted by Crippen LogP contribution is 1.83. The molecule has 0 aliphatic carbocycles. The zero-order valence-electron chi connectivity index (χ0n) is 4.95. The molecule has 2 heteroatoms. The zero-order chi connectivity index (χ0) is 5.70. The molecule has 0 spiro atoms. The van der Waals surface area contributed by atoms with Gasteiger partial charge in [-0.1, -0.05) is 6.92 Å². The number of halogens is 1. The molecule has 0 aliphatic rings. The predicted octanol–water partition coefficient (Wildman–Crippen LogP) is 1.26. The molecule has 0 heterocycles. The van der Waals surface area contributed by atoms with Crippen LogP contribution in [0.1, 0.15) is 13.3 Å². The molecule has 0 aromatic rings. The number of hydrogen-bond acceptors (Lipinski definition) is 1. The second-order valence-electron chi connectivity index (χ2n) is 1.70. The van der Waals surface area contributed by atoms with Crippen LogP contribution < -0.4 is 0 Å². The van der Waals surface area contributed by atoms with Crippen LogP contribution >= 0.6 is 0 Å². The normalized spacial score (nSPS) is 10.3. The molecule has 0 saturated heterocycles. The summed E-state index contributed by atoms with van der Waals surface area (Å²) in [6, 6.07) is 0. The van der Waals surface area contributed by atoms with Gasteiger partial charge in [0, 0.05) is 0 Å². The first-order valence-electron chi connectivity index (χ1n) is 2.55. The van der Waals surface area contributed by atoms with E-state index in [1.807, 2.05) is 6.92 Å². The van der Waals surface area contributed by atoms with Gasteiger partial charge in [-0.2, -0.15) is 0 Å². The maximum Gasteiger partial charge on any atom is 0.142 e. The Morgan fingerprint density at radius 2 is 2.14 bits per heavy atom. The summed E-state index contributed by atoms with van der Waals surface area (Å²) in [4.78, 5) is 1.64. The lowest BCUT2D eigenvalue weighted by molar-refractivity contribution is 0.225. The number of nitrogens with zero attached hydrogens (tertiary/aromatic N) is 1. The molecule has 0 fully saturated rings. The van der Waals surface area contributed by atoms with E-state index in [9.17, 15) is 4.39 Å². The van der Waals surface area contributed by atoms with E-state index in [0.29, 0.717) is 0 Å². The molecular weight excluding hydrogens is 92.1 g/mol. The van der Waals surface area contributed by atoms with E-state index in [1.54, 1.807) is 11.9 Å². The summed E-state index contributed by atoms with van der Waals surface area (Å²) in [5.74, 6) is 0. The molecule has 1 nitrogen and oxygen atoms in total. The van der Waals surface area contributed by atoms with Crippen molar-refractivity contribution in [3.05, 3.63) is 0 Å². The van der Waals surface area contributed by atoms with E-state index in [0.717, 1.165) is 13.0 Å². The minimum Gasteiger partial charge on any atom is -0.280 e. The monoisotopic (exact) mass is 104 g/mol. The maximum absolute atomic E-state index is 11.5. The third kappa shape index (κ3) is 3.73. The van der Waals surface area contributed by atoms with Crippen LogP contribution in [0.3, 0.4) is 0 Å². The van der Waals surface area contributed by atoms with Gasteiger partial charge in [-0.25, -0.2) is 4.39 Å². The number of rotatable bonds is 3. The van der Waals surface area contributed by atoms with Crippen LogP contribution in [0.15, 0.2) is 0 Å². The highest BCUT2D eigenvalue weighted by molar-refractivity contribution is 4.37. The first kappa shape index (κ1) is 6.89. The van der Waals surface area contributed by atoms with Crippen LogP contribution in [0.5, 0.6) is 0 Å². The van der Waals surface area contributed by atoms with Crippen LogP contribution in [-0.2, 0) is 0 Å². The van der Waals surface area contributed by atoms with Gasteiger partial charge in [-0.05, 0) is 20.0 Å². The first-order valence-corrected chi connectivity index (χ1v) is 2.55. The van der Waals surface area contributed by atoms with Crippen molar-refractivity contribution < 1.29 is 4.39 Å². The minimum absolute atomic E-state index is 0.326. The average molecular weight is 104 g/mol. The molecule has 0 amide bonds. The zero-order valence-corrected chi connectivity index (χ0v) is 4.95. The fraction of sp³-hybridized carbons (Fsp3) is 1.00. The molecule has 7 heavy (non-hydrogen) atoms. The van der Waals surface area contributed by atoms with Crippen LogP contribution in [0.4, 0.5) is 4.39 Å². The molecule has 0 atom stereocenters. The average Bonchev–Trinajstić information content (AvgIpc) is 1.68. The number of hydrogen-bond donors (Lipinski definition) is 0. The Kier molecular flexibility index (Phi) is 4.00. The molecule has 0 aromatic carbocycles. The van der Waals surface area contributed by atoms with E-state index in [1.165, 1.54) is 0 Å². The molecule has 0 saturated carbocycles. The SMILES string of the molecule is CCCN(C)C[18F]. The summed E-state index contributed by atoms with van der Waals surface area (Å²) in [5, 5.41) is 0. The number of alkyl halides is 1. The standard InChI is InChI=1S/C5H12FN/c1-3-4-7(2)5-6/h3-5H2,1-2H3/i6-1. The summed E-state index contributed by atoms with van der Waals surface area (Å²) in [7, 11) is 1.77. The lowest BCUT2D eigenvalue weighted by Crippen LogP contribution is -2.16. The minimum atomic E-state index is -0.326. The van der Waals surface area contributed by atoms with Crippen LogP contribution in [0.2, 0.25) is 0 Å². The Labute approximate surface area is 44.1 Å². The van der Waals surface area contributed by atoms with Gasteiger partial charge >= 0.3 is 0 Å². The molecule has 0 aliphatic heterocycles. The van der Waals surface area contributed by atoms with Crippen molar-refractivity contribution in [2.24, 2.45) is 0 Å². The van der Waals surface area contributed by atoms with Gasteiger partial charge in [-0.15, -0.1) is 0 Å². The lowest BCUT2D eigenvalue weighted by Gasteiger charge is -2.07. The van der Waals surface area contributed by atoms with Gasteiger partial charge in [0.2, 0.25) is 0 Å². The van der Waals surface area contributed by atoms with Crippen LogP contribution in [-0.4, -0.2) is 25.3 Å². The third-order valence-corrected chi connectivity index (χ3v) is 0.809. The summed E-state index contributed by atoms with van der Waals surface area (Å²) in [6.45, 7) is 2.57. The Morgan fingerprint density at radius 3 is 2.29 bits per heavy atom. The summed E-state index contributed by atoms with van der Waals surface area (Å²) >= 11 is 0. The second-order valence-corrected chi connectivity index (χ2v) is 1.70. The quantitative estimate of drug-likeness (QED) is 0.487. The molecule has 0 radical (unpaired) electrons. The van der Waals surface area contributed by atoms with Gasteiger partial charge in [-0.3, -0.25) is 4.90 Å². The molecular formula is C5H12FN. The van der Waals surface area contributed by atoms with Crippen molar-refractivity contribution in [2.45, 2.75) is 13.3 Å². The molecule has 0 aromatic heterocycles. The fourth-order valence-corrected chi connectivity index (χ4v) is 0.441. The predicted molar refractivity (Wildman–Crippen MR) is 28.9 cm³/mol. The van der Waals surface area contributed by atoms with E-state index in [-0.39, 0.29) is 6.80 Å². The summed E-state index contributed by atoms with van der Waals surface area (Å²) in [6.07, 6.45) is 1.03. The van der Waals surface area contributed by atoms with Gasteiger partial charge in [0.05, 0.1) is 0 Å². The Balaban J connectivity index is 2.83.